The normalized spacial score (nSPS) is 14.7. The summed E-state index contributed by atoms with van der Waals surface area (Å²) < 4.78 is 13.7. The van der Waals surface area contributed by atoms with E-state index in [9.17, 15) is 9.65 Å². The predicted octanol–water partition coefficient (Wildman–Crippen LogP) is 4.23. The average molecular weight is 284 g/mol. The van der Waals surface area contributed by atoms with Crippen LogP contribution in [-0.4, -0.2) is 4.98 Å². The number of thiazole rings is 1. The number of hydrogen-bond acceptors (Lipinski definition) is 3. The Kier molecular flexibility index (Phi) is 3.62. The van der Waals surface area contributed by atoms with Gasteiger partial charge < -0.3 is 0 Å². The zero-order valence-corrected chi connectivity index (χ0v) is 11.7. The van der Waals surface area contributed by atoms with E-state index < -0.39 is 0 Å². The molecule has 1 aromatic carbocycles. The number of fused-ring (bicyclic) bond motifs is 1. The molecular formula is C16H13FN2S. The Bertz CT molecular complexity index is 686. The Hall–Kier alpha value is -1.99. The Labute approximate surface area is 121 Å². The van der Waals surface area contributed by atoms with E-state index >= 15 is 0 Å². The second-order valence-electron chi connectivity index (χ2n) is 4.79. The first-order chi connectivity index (χ1) is 9.78. The van der Waals surface area contributed by atoms with Crippen LogP contribution in [0.5, 0.6) is 0 Å². The van der Waals surface area contributed by atoms with E-state index in [0.29, 0.717) is 16.1 Å². The molecule has 4 heteroatoms. The third-order valence-corrected chi connectivity index (χ3v) is 4.59. The molecule has 0 aliphatic heterocycles. The van der Waals surface area contributed by atoms with E-state index in [2.05, 4.69) is 11.1 Å². The molecule has 0 saturated carbocycles. The van der Waals surface area contributed by atoms with Crippen LogP contribution in [0.25, 0.3) is 11.6 Å². The fourth-order valence-electron chi connectivity index (χ4n) is 2.36. The molecule has 1 aromatic heterocycles. The largest absolute Gasteiger partial charge is 0.240 e. The van der Waals surface area contributed by atoms with Gasteiger partial charge in [-0.05, 0) is 37.8 Å². The van der Waals surface area contributed by atoms with Crippen LogP contribution in [-0.2, 0) is 12.8 Å². The van der Waals surface area contributed by atoms with Crippen molar-refractivity contribution in [2.45, 2.75) is 25.7 Å². The van der Waals surface area contributed by atoms with E-state index in [0.717, 1.165) is 25.0 Å². The lowest BCUT2D eigenvalue weighted by atomic mass is 10.0. The fraction of sp³-hybridized carbons (Fsp3) is 0.250. The first-order valence-electron chi connectivity index (χ1n) is 6.63. The first kappa shape index (κ1) is 13.0. The summed E-state index contributed by atoms with van der Waals surface area (Å²) in [4.78, 5) is 5.83. The lowest BCUT2D eigenvalue weighted by Gasteiger charge is -2.06. The molecule has 2 aromatic rings. The van der Waals surface area contributed by atoms with Crippen molar-refractivity contribution in [3.8, 4) is 6.07 Å². The van der Waals surface area contributed by atoms with Gasteiger partial charge in [0, 0.05) is 10.4 Å². The summed E-state index contributed by atoms with van der Waals surface area (Å²) in [5.74, 6) is -0.318. The highest BCUT2D eigenvalue weighted by Crippen LogP contribution is 2.31. The molecule has 0 fully saturated rings. The second kappa shape index (κ2) is 5.56. The number of hydrogen-bond donors (Lipinski definition) is 0. The average Bonchev–Trinajstić information content (AvgIpc) is 2.90. The number of halogens is 1. The molecule has 0 N–H and O–H groups in total. The van der Waals surface area contributed by atoms with Crippen LogP contribution in [0, 0.1) is 17.1 Å². The zero-order valence-electron chi connectivity index (χ0n) is 10.9. The quantitative estimate of drug-likeness (QED) is 0.774. The summed E-state index contributed by atoms with van der Waals surface area (Å²) in [6, 6.07) is 8.61. The van der Waals surface area contributed by atoms with Crippen molar-refractivity contribution in [1.82, 2.24) is 4.98 Å². The first-order valence-corrected chi connectivity index (χ1v) is 7.45. The predicted molar refractivity (Wildman–Crippen MR) is 78.6 cm³/mol. The van der Waals surface area contributed by atoms with E-state index in [1.165, 1.54) is 17.4 Å². The minimum atomic E-state index is -0.318. The maximum Gasteiger partial charge on any atom is 0.134 e. The minimum Gasteiger partial charge on any atom is -0.240 e. The molecule has 0 unspecified atom stereocenters. The van der Waals surface area contributed by atoms with Crippen LogP contribution in [0.1, 0.15) is 34.0 Å². The molecular weight excluding hydrogens is 271 g/mol. The third-order valence-electron chi connectivity index (χ3n) is 3.40. The summed E-state index contributed by atoms with van der Waals surface area (Å²) in [5.41, 5.74) is 1.98. The van der Waals surface area contributed by atoms with E-state index in [4.69, 9.17) is 0 Å². The van der Waals surface area contributed by atoms with Gasteiger partial charge in [-0.3, -0.25) is 0 Å². The second-order valence-corrected chi connectivity index (χ2v) is 5.87. The lowest BCUT2D eigenvalue weighted by Crippen LogP contribution is -1.99. The van der Waals surface area contributed by atoms with Crippen LogP contribution in [0.2, 0.25) is 0 Å². The van der Waals surface area contributed by atoms with Crippen LogP contribution in [0.4, 0.5) is 4.39 Å². The molecule has 0 atom stereocenters. The molecule has 0 radical (unpaired) electrons. The van der Waals surface area contributed by atoms with Crippen molar-refractivity contribution in [3.63, 3.8) is 0 Å². The summed E-state index contributed by atoms with van der Waals surface area (Å²) in [5, 5.41) is 10.0. The monoisotopic (exact) mass is 284 g/mol. The van der Waals surface area contributed by atoms with Gasteiger partial charge in [0.05, 0.1) is 11.3 Å². The van der Waals surface area contributed by atoms with Crippen molar-refractivity contribution in [3.05, 3.63) is 51.2 Å². The molecule has 0 amide bonds. The van der Waals surface area contributed by atoms with Crippen LogP contribution >= 0.6 is 11.3 Å². The maximum absolute atomic E-state index is 13.7. The molecule has 1 aliphatic carbocycles. The molecule has 0 saturated heterocycles. The van der Waals surface area contributed by atoms with Gasteiger partial charge in [0.1, 0.15) is 16.9 Å². The van der Waals surface area contributed by atoms with Gasteiger partial charge in [0.2, 0.25) is 0 Å². The molecule has 1 heterocycles. The number of allylic oxidation sites excluding steroid dienone is 1. The van der Waals surface area contributed by atoms with Crippen molar-refractivity contribution in [2.75, 3.05) is 0 Å². The molecule has 2 nitrogen and oxygen atoms in total. The van der Waals surface area contributed by atoms with Crippen molar-refractivity contribution < 1.29 is 4.39 Å². The molecule has 3 rings (SSSR count). The van der Waals surface area contributed by atoms with Crippen LogP contribution in [0.15, 0.2) is 24.3 Å². The lowest BCUT2D eigenvalue weighted by molar-refractivity contribution is 0.625. The summed E-state index contributed by atoms with van der Waals surface area (Å²) in [6.45, 7) is 0. The number of aryl methyl sites for hydroxylation is 2. The van der Waals surface area contributed by atoms with E-state index in [1.807, 2.05) is 0 Å². The Morgan fingerprint density at radius 2 is 2.10 bits per heavy atom. The van der Waals surface area contributed by atoms with Crippen LogP contribution in [0.3, 0.4) is 0 Å². The molecule has 100 valence electrons. The summed E-state index contributed by atoms with van der Waals surface area (Å²) in [7, 11) is 0. The van der Waals surface area contributed by atoms with Crippen molar-refractivity contribution in [1.29, 1.82) is 5.26 Å². The Morgan fingerprint density at radius 3 is 2.85 bits per heavy atom. The standard InChI is InChI=1S/C16H13FN2S/c17-13-6-2-1-5-11(13)9-12(10-18)16-19-14-7-3-4-8-15(14)20-16/h1-2,5-6,9H,3-4,7-8H2/b12-9+. The van der Waals surface area contributed by atoms with Gasteiger partial charge in [-0.15, -0.1) is 11.3 Å². The highest BCUT2D eigenvalue weighted by Gasteiger charge is 2.17. The van der Waals surface area contributed by atoms with Crippen LogP contribution < -0.4 is 0 Å². The third kappa shape index (κ3) is 2.50. The summed E-state index contributed by atoms with van der Waals surface area (Å²) >= 11 is 1.57. The van der Waals surface area contributed by atoms with Gasteiger partial charge in [-0.25, -0.2) is 9.37 Å². The molecule has 0 bridgehead atoms. The number of benzene rings is 1. The Morgan fingerprint density at radius 1 is 1.30 bits per heavy atom. The van der Waals surface area contributed by atoms with Gasteiger partial charge in [0.25, 0.3) is 0 Å². The SMILES string of the molecule is N#C/C(=C\c1ccccc1F)c1nc2c(s1)CCCC2. The molecule has 0 spiro atoms. The minimum absolute atomic E-state index is 0.318. The zero-order chi connectivity index (χ0) is 13.9. The van der Waals surface area contributed by atoms with Gasteiger partial charge in [-0.2, -0.15) is 5.26 Å². The topological polar surface area (TPSA) is 36.7 Å². The smallest absolute Gasteiger partial charge is 0.134 e. The van der Waals surface area contributed by atoms with Gasteiger partial charge in [-0.1, -0.05) is 18.2 Å². The van der Waals surface area contributed by atoms with Gasteiger partial charge >= 0.3 is 0 Å². The fourth-order valence-corrected chi connectivity index (χ4v) is 3.47. The number of aromatic nitrogens is 1. The number of rotatable bonds is 2. The highest BCUT2D eigenvalue weighted by molar-refractivity contribution is 7.13. The molecule has 20 heavy (non-hydrogen) atoms. The van der Waals surface area contributed by atoms with E-state index in [-0.39, 0.29) is 5.82 Å². The Balaban J connectivity index is 2.00. The maximum atomic E-state index is 13.7. The summed E-state index contributed by atoms with van der Waals surface area (Å²) in [6.07, 6.45) is 5.97. The van der Waals surface area contributed by atoms with Crippen molar-refractivity contribution in [2.24, 2.45) is 0 Å². The number of nitrogens with zero attached hydrogens (tertiary/aromatic N) is 2. The van der Waals surface area contributed by atoms with Crippen molar-refractivity contribution >= 4 is 23.0 Å². The molecule has 1 aliphatic rings. The highest BCUT2D eigenvalue weighted by atomic mass is 32.1. The van der Waals surface area contributed by atoms with E-state index in [1.54, 1.807) is 35.6 Å². The number of nitriles is 1. The van der Waals surface area contributed by atoms with Gasteiger partial charge in [0.15, 0.2) is 0 Å².